The summed E-state index contributed by atoms with van der Waals surface area (Å²) in [7, 11) is 0. The molecule has 0 saturated carbocycles. The first-order chi connectivity index (χ1) is 14.5. The Morgan fingerprint density at radius 1 is 1.10 bits per heavy atom. The molecule has 0 radical (unpaired) electrons. The van der Waals surface area contributed by atoms with Gasteiger partial charge >= 0.3 is 0 Å². The quantitative estimate of drug-likeness (QED) is 0.565. The molecular weight excluding hydrogens is 382 g/mol. The smallest absolute Gasteiger partial charge is 0.251 e. The summed E-state index contributed by atoms with van der Waals surface area (Å²) >= 11 is 0. The molecule has 0 spiro atoms. The highest BCUT2D eigenvalue weighted by Gasteiger charge is 2.24. The second-order valence-corrected chi connectivity index (χ2v) is 7.24. The van der Waals surface area contributed by atoms with Gasteiger partial charge < -0.3 is 15.4 Å². The number of carbonyl (C=O) groups excluding carboxylic acids is 2. The summed E-state index contributed by atoms with van der Waals surface area (Å²) in [6, 6.07) is 11.9. The van der Waals surface area contributed by atoms with E-state index >= 15 is 0 Å². The minimum atomic E-state index is -0.640. The van der Waals surface area contributed by atoms with Gasteiger partial charge in [-0.3, -0.25) is 14.0 Å². The molecule has 1 aromatic carbocycles. The van der Waals surface area contributed by atoms with Crippen molar-refractivity contribution in [3.63, 3.8) is 0 Å². The third kappa shape index (κ3) is 5.14. The van der Waals surface area contributed by atoms with Crippen molar-refractivity contribution in [2.45, 2.75) is 33.2 Å². The summed E-state index contributed by atoms with van der Waals surface area (Å²) in [4.78, 5) is 25.3. The van der Waals surface area contributed by atoms with Crippen molar-refractivity contribution in [1.29, 1.82) is 0 Å². The number of carbonyl (C=O) groups is 2. The van der Waals surface area contributed by atoms with Gasteiger partial charge in [-0.15, -0.1) is 10.2 Å². The van der Waals surface area contributed by atoms with Crippen molar-refractivity contribution in [2.24, 2.45) is 5.92 Å². The fourth-order valence-electron chi connectivity index (χ4n) is 3.10. The maximum atomic E-state index is 12.7. The molecule has 3 aromatic rings. The lowest BCUT2D eigenvalue weighted by Crippen LogP contribution is -2.50. The number of nitrogens with zero attached hydrogens (tertiary/aromatic N) is 3. The maximum absolute atomic E-state index is 12.7. The van der Waals surface area contributed by atoms with E-state index in [-0.39, 0.29) is 17.7 Å². The van der Waals surface area contributed by atoms with Crippen LogP contribution in [-0.2, 0) is 11.2 Å². The Morgan fingerprint density at radius 2 is 1.87 bits per heavy atom. The fourth-order valence-corrected chi connectivity index (χ4v) is 3.10. The van der Waals surface area contributed by atoms with Crippen molar-refractivity contribution in [2.75, 3.05) is 13.2 Å². The van der Waals surface area contributed by atoms with Crippen molar-refractivity contribution in [3.05, 3.63) is 60.0 Å². The lowest BCUT2D eigenvalue weighted by Gasteiger charge is -2.21. The second kappa shape index (κ2) is 9.87. The van der Waals surface area contributed by atoms with E-state index in [0.29, 0.717) is 30.9 Å². The van der Waals surface area contributed by atoms with Crippen LogP contribution >= 0.6 is 0 Å². The topological polar surface area (TPSA) is 97.6 Å². The van der Waals surface area contributed by atoms with E-state index in [4.69, 9.17) is 4.74 Å². The normalized spacial score (nSPS) is 12.0. The van der Waals surface area contributed by atoms with E-state index in [9.17, 15) is 9.59 Å². The molecule has 8 nitrogen and oxygen atoms in total. The van der Waals surface area contributed by atoms with Gasteiger partial charge in [0.1, 0.15) is 17.6 Å². The molecule has 0 saturated heterocycles. The highest BCUT2D eigenvalue weighted by molar-refractivity contribution is 5.97. The van der Waals surface area contributed by atoms with Crippen LogP contribution in [-0.4, -0.2) is 45.6 Å². The van der Waals surface area contributed by atoms with Crippen LogP contribution in [0.4, 0.5) is 0 Å². The van der Waals surface area contributed by atoms with Gasteiger partial charge in [0.2, 0.25) is 5.91 Å². The summed E-state index contributed by atoms with van der Waals surface area (Å²) in [5.41, 5.74) is 1.24. The van der Waals surface area contributed by atoms with Gasteiger partial charge in [0, 0.05) is 24.7 Å². The lowest BCUT2D eigenvalue weighted by molar-refractivity contribution is -0.123. The molecule has 30 heavy (non-hydrogen) atoms. The van der Waals surface area contributed by atoms with Gasteiger partial charge in [0.25, 0.3) is 5.91 Å². The molecule has 2 N–H and O–H groups in total. The Hall–Kier alpha value is -3.42. The first-order valence-corrected chi connectivity index (χ1v) is 10.1. The molecular formula is C22H27N5O3. The van der Waals surface area contributed by atoms with Crippen LogP contribution in [0, 0.1) is 5.92 Å². The minimum Gasteiger partial charge on any atom is -0.494 e. The molecule has 2 amide bonds. The van der Waals surface area contributed by atoms with Crippen LogP contribution in [0.2, 0.25) is 0 Å². The average Bonchev–Trinajstić information content (AvgIpc) is 3.15. The third-order valence-corrected chi connectivity index (χ3v) is 4.70. The van der Waals surface area contributed by atoms with E-state index in [0.717, 1.165) is 11.5 Å². The zero-order chi connectivity index (χ0) is 21.5. The Kier molecular flexibility index (Phi) is 7.00. The predicted octanol–water partition coefficient (Wildman–Crippen LogP) is 2.24. The first-order valence-electron chi connectivity index (χ1n) is 10.1. The van der Waals surface area contributed by atoms with Crippen LogP contribution in [0.15, 0.2) is 48.7 Å². The molecule has 158 valence electrons. The van der Waals surface area contributed by atoms with Crippen molar-refractivity contribution < 1.29 is 14.3 Å². The molecule has 0 bridgehead atoms. The van der Waals surface area contributed by atoms with Crippen LogP contribution in [0.25, 0.3) is 5.65 Å². The van der Waals surface area contributed by atoms with Crippen molar-refractivity contribution in [1.82, 2.24) is 25.2 Å². The third-order valence-electron chi connectivity index (χ3n) is 4.70. The summed E-state index contributed by atoms with van der Waals surface area (Å²) in [5, 5.41) is 14.0. The zero-order valence-corrected chi connectivity index (χ0v) is 17.5. The number of nitrogens with one attached hydrogen (secondary N) is 2. The summed E-state index contributed by atoms with van der Waals surface area (Å²) in [6.07, 6.45) is 2.43. The molecule has 1 unspecified atom stereocenters. The number of fused-ring (bicyclic) bond motifs is 1. The van der Waals surface area contributed by atoms with E-state index in [1.165, 1.54) is 0 Å². The van der Waals surface area contributed by atoms with Crippen LogP contribution in [0.3, 0.4) is 0 Å². The number of pyridine rings is 1. The SMILES string of the molecule is CCOc1ccc(C(=O)NC(C(=O)NCCc2nnc3ccccn23)C(C)C)cc1. The number of rotatable bonds is 9. The lowest BCUT2D eigenvalue weighted by atomic mass is 10.0. The van der Waals surface area contributed by atoms with Gasteiger partial charge in [-0.05, 0) is 49.2 Å². The number of aromatic nitrogens is 3. The summed E-state index contributed by atoms with van der Waals surface area (Å²) in [5.74, 6) is 0.887. The first kappa shape index (κ1) is 21.3. The van der Waals surface area contributed by atoms with E-state index in [1.807, 2.05) is 49.6 Å². The monoisotopic (exact) mass is 409 g/mol. The van der Waals surface area contributed by atoms with Gasteiger partial charge in [-0.2, -0.15) is 0 Å². The number of ether oxygens (including phenoxy) is 1. The molecule has 0 aliphatic carbocycles. The van der Waals surface area contributed by atoms with Gasteiger partial charge in [0.05, 0.1) is 6.61 Å². The highest BCUT2D eigenvalue weighted by atomic mass is 16.5. The van der Waals surface area contributed by atoms with Crippen molar-refractivity contribution >= 4 is 17.5 Å². The number of amides is 2. The molecule has 1 atom stereocenters. The Morgan fingerprint density at radius 3 is 2.57 bits per heavy atom. The van der Waals surface area contributed by atoms with Crippen LogP contribution in [0.1, 0.15) is 37.0 Å². The largest absolute Gasteiger partial charge is 0.494 e. The molecule has 2 aromatic heterocycles. The molecule has 0 aliphatic heterocycles. The Bertz CT molecular complexity index is 997. The molecule has 0 aliphatic rings. The Balaban J connectivity index is 1.57. The van der Waals surface area contributed by atoms with Gasteiger partial charge in [0.15, 0.2) is 5.65 Å². The number of benzene rings is 1. The standard InChI is InChI=1S/C22H27N5O3/c1-4-30-17-10-8-16(9-11-17)21(28)24-20(15(2)3)22(29)23-13-12-19-26-25-18-7-5-6-14-27(18)19/h5-11,14-15,20H,4,12-13H2,1-3H3,(H,23,29)(H,24,28). The highest BCUT2D eigenvalue weighted by Crippen LogP contribution is 2.13. The van der Waals surface area contributed by atoms with Crippen molar-refractivity contribution in [3.8, 4) is 5.75 Å². The molecule has 0 fully saturated rings. The van der Waals surface area contributed by atoms with Gasteiger partial charge in [-0.1, -0.05) is 19.9 Å². The predicted molar refractivity (Wildman–Crippen MR) is 113 cm³/mol. The summed E-state index contributed by atoms with van der Waals surface area (Å²) < 4.78 is 7.28. The Labute approximate surface area is 175 Å². The maximum Gasteiger partial charge on any atom is 0.251 e. The second-order valence-electron chi connectivity index (χ2n) is 7.24. The number of hydrogen-bond acceptors (Lipinski definition) is 5. The van der Waals surface area contributed by atoms with Crippen LogP contribution < -0.4 is 15.4 Å². The average molecular weight is 409 g/mol. The minimum absolute atomic E-state index is 0.0643. The molecule has 3 rings (SSSR count). The van der Waals surface area contributed by atoms with E-state index < -0.39 is 6.04 Å². The number of hydrogen-bond donors (Lipinski definition) is 2. The van der Waals surface area contributed by atoms with E-state index in [1.54, 1.807) is 24.3 Å². The molecule has 2 heterocycles. The summed E-state index contributed by atoms with van der Waals surface area (Å²) in [6.45, 7) is 6.66. The van der Waals surface area contributed by atoms with Crippen LogP contribution in [0.5, 0.6) is 5.75 Å². The molecule has 8 heteroatoms. The van der Waals surface area contributed by atoms with Gasteiger partial charge in [-0.25, -0.2) is 0 Å². The zero-order valence-electron chi connectivity index (χ0n) is 17.5. The fraction of sp³-hybridized carbons (Fsp3) is 0.364. The van der Waals surface area contributed by atoms with E-state index in [2.05, 4.69) is 20.8 Å².